The molecule has 0 bridgehead atoms. The summed E-state index contributed by atoms with van der Waals surface area (Å²) >= 11 is 0. The summed E-state index contributed by atoms with van der Waals surface area (Å²) < 4.78 is 13.8. The topological polar surface area (TPSA) is 92.4 Å². The Kier molecular flexibility index (Phi) is 3.39. The van der Waals surface area contributed by atoms with Crippen LogP contribution in [0.5, 0.6) is 0 Å². The third-order valence-electron chi connectivity index (χ3n) is 4.88. The molecule has 5 rings (SSSR count). The maximum atomic E-state index is 12.7. The van der Waals surface area contributed by atoms with Gasteiger partial charge >= 0.3 is 0 Å². The Balaban J connectivity index is 1.63. The molecule has 0 spiro atoms. The number of imidazole rings is 1. The van der Waals surface area contributed by atoms with E-state index < -0.39 is 0 Å². The number of nitrogens with zero attached hydrogens (tertiary/aromatic N) is 5. The van der Waals surface area contributed by atoms with E-state index in [4.69, 9.17) is 9.26 Å². The summed E-state index contributed by atoms with van der Waals surface area (Å²) in [6, 6.07) is 7.42. The maximum absolute atomic E-state index is 12.7. The molecule has 26 heavy (non-hydrogen) atoms. The average molecular weight is 351 g/mol. The third kappa shape index (κ3) is 2.26. The first-order valence-electron chi connectivity index (χ1n) is 8.65. The van der Waals surface area contributed by atoms with Crippen LogP contribution in [-0.2, 0) is 11.2 Å². The van der Waals surface area contributed by atoms with Crippen molar-refractivity contribution in [2.75, 3.05) is 6.61 Å². The number of benzene rings is 1. The summed E-state index contributed by atoms with van der Waals surface area (Å²) in [5.41, 5.74) is 3.14. The molecular formula is C18H17N5O3. The van der Waals surface area contributed by atoms with E-state index >= 15 is 0 Å². The zero-order valence-electron chi connectivity index (χ0n) is 14.3. The van der Waals surface area contributed by atoms with Crippen molar-refractivity contribution in [1.29, 1.82) is 0 Å². The van der Waals surface area contributed by atoms with Gasteiger partial charge < -0.3 is 14.5 Å². The SMILES string of the molecule is Cc1c2c(-c3noc(CC4CCCO4)n3)ncn2c2ccccc2[n+]1[O-]. The van der Waals surface area contributed by atoms with Crippen molar-refractivity contribution < 1.29 is 14.0 Å². The van der Waals surface area contributed by atoms with E-state index in [0.717, 1.165) is 29.7 Å². The lowest BCUT2D eigenvalue weighted by molar-refractivity contribution is -0.583. The van der Waals surface area contributed by atoms with Gasteiger partial charge in [0.2, 0.25) is 22.9 Å². The second kappa shape index (κ2) is 5.77. The van der Waals surface area contributed by atoms with E-state index in [1.807, 2.05) is 22.6 Å². The summed E-state index contributed by atoms with van der Waals surface area (Å²) in [6.07, 6.45) is 4.49. The fraction of sp³-hybridized carbons (Fsp3) is 0.333. The van der Waals surface area contributed by atoms with Crippen LogP contribution in [0.15, 0.2) is 35.1 Å². The zero-order chi connectivity index (χ0) is 17.7. The van der Waals surface area contributed by atoms with Crippen LogP contribution in [0, 0.1) is 12.1 Å². The first-order valence-corrected chi connectivity index (χ1v) is 8.65. The fourth-order valence-corrected chi connectivity index (χ4v) is 3.59. The van der Waals surface area contributed by atoms with Crippen LogP contribution >= 0.6 is 0 Å². The van der Waals surface area contributed by atoms with Gasteiger partial charge in [0.05, 0.1) is 12.5 Å². The Hall–Kier alpha value is -3.00. The Labute approximate surface area is 148 Å². The number of hydrogen-bond donors (Lipinski definition) is 0. The second-order valence-corrected chi connectivity index (χ2v) is 6.53. The second-order valence-electron chi connectivity index (χ2n) is 6.53. The predicted molar refractivity (Wildman–Crippen MR) is 92.4 cm³/mol. The van der Waals surface area contributed by atoms with Gasteiger partial charge in [-0.25, -0.2) is 4.98 Å². The number of rotatable bonds is 3. The summed E-state index contributed by atoms with van der Waals surface area (Å²) in [4.78, 5) is 8.93. The molecule has 1 unspecified atom stereocenters. The lowest BCUT2D eigenvalue weighted by atomic mass is 10.2. The normalized spacial score (nSPS) is 17.5. The quantitative estimate of drug-likeness (QED) is 0.415. The van der Waals surface area contributed by atoms with Gasteiger partial charge in [0.1, 0.15) is 23.1 Å². The van der Waals surface area contributed by atoms with E-state index in [9.17, 15) is 5.21 Å². The Bertz CT molecular complexity index is 1110. The summed E-state index contributed by atoms with van der Waals surface area (Å²) in [6.45, 7) is 2.56. The van der Waals surface area contributed by atoms with Gasteiger partial charge in [-0.2, -0.15) is 9.71 Å². The molecule has 132 valence electrons. The van der Waals surface area contributed by atoms with Crippen LogP contribution in [0.25, 0.3) is 28.1 Å². The highest BCUT2D eigenvalue weighted by atomic mass is 16.5. The first-order chi connectivity index (χ1) is 12.7. The van der Waals surface area contributed by atoms with Crippen molar-refractivity contribution in [1.82, 2.24) is 19.5 Å². The summed E-state index contributed by atoms with van der Waals surface area (Å²) in [5, 5.41) is 16.7. The molecule has 4 aromatic rings. The van der Waals surface area contributed by atoms with Gasteiger partial charge in [-0.15, -0.1) is 0 Å². The molecule has 1 aliphatic rings. The molecule has 0 saturated carbocycles. The largest absolute Gasteiger partial charge is 0.618 e. The highest BCUT2D eigenvalue weighted by Crippen LogP contribution is 2.26. The molecule has 0 N–H and O–H groups in total. The monoisotopic (exact) mass is 351 g/mol. The van der Waals surface area contributed by atoms with Crippen LogP contribution < -0.4 is 4.73 Å². The molecular weight excluding hydrogens is 334 g/mol. The van der Waals surface area contributed by atoms with Crippen molar-refractivity contribution >= 4 is 16.6 Å². The molecule has 3 aromatic heterocycles. The minimum atomic E-state index is 0.136. The maximum Gasteiger partial charge on any atom is 0.241 e. The van der Waals surface area contributed by atoms with E-state index in [1.165, 1.54) is 0 Å². The van der Waals surface area contributed by atoms with Gasteiger partial charge in [0.25, 0.3) is 0 Å². The average Bonchev–Trinajstić information content (AvgIpc) is 3.40. The Morgan fingerprint density at radius 3 is 3.08 bits per heavy atom. The Morgan fingerprint density at radius 1 is 1.35 bits per heavy atom. The van der Waals surface area contributed by atoms with Crippen molar-refractivity contribution in [3.63, 3.8) is 0 Å². The standard InChI is InChI=1S/C18H17N5O3/c1-11-17-16(18-20-15(26-21-18)9-12-5-4-8-25-12)19-10-22(17)13-6-2-3-7-14(13)23(11)24/h2-3,6-7,10,12H,4-5,8-9H2,1H3. The summed E-state index contributed by atoms with van der Waals surface area (Å²) in [5.74, 6) is 0.917. The molecule has 0 amide bonds. The predicted octanol–water partition coefficient (Wildman–Crippen LogP) is 2.20. The van der Waals surface area contributed by atoms with Crippen LogP contribution in [0.2, 0.25) is 0 Å². The van der Waals surface area contributed by atoms with Crippen molar-refractivity contribution in [3.05, 3.63) is 47.4 Å². The lowest BCUT2D eigenvalue weighted by Crippen LogP contribution is -2.32. The van der Waals surface area contributed by atoms with E-state index in [2.05, 4.69) is 15.1 Å². The smallest absolute Gasteiger partial charge is 0.241 e. The molecule has 4 heterocycles. The van der Waals surface area contributed by atoms with Crippen LogP contribution in [0.3, 0.4) is 0 Å². The van der Waals surface area contributed by atoms with Crippen LogP contribution in [-0.4, -0.2) is 32.2 Å². The number of fused-ring (bicyclic) bond motifs is 3. The van der Waals surface area contributed by atoms with Gasteiger partial charge in [0.15, 0.2) is 0 Å². The van der Waals surface area contributed by atoms with Gasteiger partial charge in [-0.05, 0) is 18.9 Å². The molecule has 1 aliphatic heterocycles. The first kappa shape index (κ1) is 15.3. The molecule has 1 fully saturated rings. The molecule has 1 atom stereocenters. The minimum Gasteiger partial charge on any atom is -0.618 e. The minimum absolute atomic E-state index is 0.136. The van der Waals surface area contributed by atoms with Crippen LogP contribution in [0.4, 0.5) is 0 Å². The summed E-state index contributed by atoms with van der Waals surface area (Å²) in [7, 11) is 0. The van der Waals surface area contributed by atoms with E-state index in [1.54, 1.807) is 19.3 Å². The van der Waals surface area contributed by atoms with Crippen molar-refractivity contribution in [2.24, 2.45) is 0 Å². The number of aryl methyl sites for hydroxylation is 1. The molecule has 0 radical (unpaired) electrons. The van der Waals surface area contributed by atoms with Crippen molar-refractivity contribution in [3.8, 4) is 11.5 Å². The fourth-order valence-electron chi connectivity index (χ4n) is 3.59. The molecule has 0 aliphatic carbocycles. The number of aromatic nitrogens is 5. The molecule has 8 heteroatoms. The Morgan fingerprint density at radius 2 is 2.23 bits per heavy atom. The molecule has 8 nitrogen and oxygen atoms in total. The van der Waals surface area contributed by atoms with Gasteiger partial charge in [0, 0.05) is 19.6 Å². The van der Waals surface area contributed by atoms with Gasteiger partial charge in [-0.1, -0.05) is 17.3 Å². The number of hydrogen-bond acceptors (Lipinski definition) is 6. The highest BCUT2D eigenvalue weighted by molar-refractivity contribution is 5.82. The molecule has 1 aromatic carbocycles. The van der Waals surface area contributed by atoms with E-state index in [-0.39, 0.29) is 6.10 Å². The zero-order valence-corrected chi connectivity index (χ0v) is 14.3. The highest BCUT2D eigenvalue weighted by Gasteiger charge is 2.24. The molecule has 1 saturated heterocycles. The number of para-hydroxylation sites is 2. The number of ether oxygens (including phenoxy) is 1. The third-order valence-corrected chi connectivity index (χ3v) is 4.88. The van der Waals surface area contributed by atoms with Crippen LogP contribution in [0.1, 0.15) is 24.4 Å². The van der Waals surface area contributed by atoms with E-state index in [0.29, 0.717) is 40.6 Å². The van der Waals surface area contributed by atoms with Crippen molar-refractivity contribution in [2.45, 2.75) is 32.3 Å². The lowest BCUT2D eigenvalue weighted by Gasteiger charge is -2.08. The van der Waals surface area contributed by atoms with Gasteiger partial charge in [-0.3, -0.25) is 4.40 Å².